The summed E-state index contributed by atoms with van der Waals surface area (Å²) in [7, 11) is 0. The smallest absolute Gasteiger partial charge is 0.262 e. The normalized spacial score (nSPS) is 18.1. The van der Waals surface area contributed by atoms with Gasteiger partial charge in [0.1, 0.15) is 58.1 Å². The number of rotatable bonds is 24. The molecular formula is C80H80N8O14. The van der Waals surface area contributed by atoms with E-state index < -0.39 is 47.5 Å². The monoisotopic (exact) mass is 1380 g/mol. The van der Waals surface area contributed by atoms with E-state index in [1.807, 2.05) is 99.9 Å². The van der Waals surface area contributed by atoms with Gasteiger partial charge in [0.25, 0.3) is 23.6 Å². The summed E-state index contributed by atoms with van der Waals surface area (Å²) < 4.78 is 39.4. The summed E-state index contributed by atoms with van der Waals surface area (Å²) in [5.41, 5.74) is 3.96. The number of amides is 8. The lowest BCUT2D eigenvalue weighted by Gasteiger charge is -2.40. The second-order valence-electron chi connectivity index (χ2n) is 27.6. The molecule has 8 amide bonds. The first-order chi connectivity index (χ1) is 49.4. The van der Waals surface area contributed by atoms with Crippen LogP contribution in [0.4, 0.5) is 0 Å². The summed E-state index contributed by atoms with van der Waals surface area (Å²) in [6.07, 6.45) is 1.17. The molecular weight excluding hydrogens is 1300 g/mol. The Kier molecular flexibility index (Phi) is 18.3. The van der Waals surface area contributed by atoms with Crippen LogP contribution in [0.25, 0.3) is 43.1 Å². The van der Waals surface area contributed by atoms with Crippen molar-refractivity contribution in [2.45, 2.75) is 91.5 Å². The minimum Gasteiger partial charge on any atom is -0.457 e. The van der Waals surface area contributed by atoms with Crippen LogP contribution < -0.4 is 29.6 Å². The van der Waals surface area contributed by atoms with E-state index in [0.29, 0.717) is 121 Å². The number of hydrogen-bond donors (Lipinski definition) is 2. The Balaban J connectivity index is 0.952. The van der Waals surface area contributed by atoms with Crippen LogP contribution in [0.5, 0.6) is 46.0 Å². The zero-order valence-electron chi connectivity index (χ0n) is 58.0. The molecule has 15 rings (SSSR count). The van der Waals surface area contributed by atoms with Gasteiger partial charge < -0.3 is 48.9 Å². The van der Waals surface area contributed by atoms with Gasteiger partial charge in [0.2, 0.25) is 23.6 Å². The highest BCUT2D eigenvalue weighted by Crippen LogP contribution is 2.58. The van der Waals surface area contributed by atoms with Crippen molar-refractivity contribution in [1.29, 1.82) is 0 Å². The number of fused-ring (bicyclic) bond motifs is 2. The molecule has 22 nitrogen and oxygen atoms in total. The molecule has 0 radical (unpaired) electrons. The van der Waals surface area contributed by atoms with E-state index in [4.69, 9.17) is 28.4 Å². The topological polar surface area (TPSA) is 242 Å². The van der Waals surface area contributed by atoms with E-state index in [0.717, 1.165) is 32.1 Å². The van der Waals surface area contributed by atoms with Gasteiger partial charge in [-0.1, -0.05) is 97.5 Å². The maximum atomic E-state index is 16.3. The summed E-state index contributed by atoms with van der Waals surface area (Å²) >= 11 is 0. The van der Waals surface area contributed by atoms with Crippen molar-refractivity contribution < 1.29 is 66.8 Å². The summed E-state index contributed by atoms with van der Waals surface area (Å²) in [6.45, 7) is 16.5. The number of aryl methyl sites for hydroxylation is 4. The molecule has 0 bridgehead atoms. The summed E-state index contributed by atoms with van der Waals surface area (Å²) in [5, 5.41) is 8.17. The number of nitrogens with zero attached hydrogens (tertiary/aromatic N) is 6. The van der Waals surface area contributed by atoms with Gasteiger partial charge >= 0.3 is 0 Å². The second kappa shape index (κ2) is 27.8. The third kappa shape index (κ3) is 13.1. The number of imide groups is 2. The quantitative estimate of drug-likeness (QED) is 0.0247. The number of carbonyl (C=O) groups excluding carboxylic acids is 8. The molecule has 6 heterocycles. The number of piperazine rings is 2. The lowest BCUT2D eigenvalue weighted by Crippen LogP contribution is -2.58. The van der Waals surface area contributed by atoms with Crippen molar-refractivity contribution in [1.82, 2.24) is 40.0 Å². The minimum atomic E-state index is -1.26. The van der Waals surface area contributed by atoms with Crippen LogP contribution in [0.2, 0.25) is 0 Å². The molecule has 4 unspecified atom stereocenters. The molecule has 102 heavy (non-hydrogen) atoms. The van der Waals surface area contributed by atoms with Crippen molar-refractivity contribution in [3.05, 3.63) is 166 Å². The number of ether oxygens (including phenoxy) is 6. The van der Waals surface area contributed by atoms with E-state index in [-0.39, 0.29) is 132 Å². The van der Waals surface area contributed by atoms with Gasteiger partial charge in [0.05, 0.1) is 60.8 Å². The van der Waals surface area contributed by atoms with Crippen molar-refractivity contribution in [2.75, 3.05) is 91.8 Å². The fourth-order valence-electron chi connectivity index (χ4n) is 14.7. The number of benzene rings is 9. The average molecular weight is 1380 g/mol. The van der Waals surface area contributed by atoms with Gasteiger partial charge in [-0.05, 0) is 113 Å². The van der Waals surface area contributed by atoms with Crippen molar-refractivity contribution in [3.63, 3.8) is 0 Å². The SMILES string of the molecule is CCCC(C(=O)N1CCN(CC(=O)NCC2CO2)CC1)N1C(=O)c2cc(Oc3ccc(C)cc3)c3c4c(Oc5ccc(C)cc5)cc5c6c(cc(Oc7ccc(C)cc7)c(c7c(Oc8ccc(C)cc8)cc(c2c37)C1=O)c64)C(=O)N(C(CCC)C(=O)N1CCN(CC(=O)NCC2CO2)CC1)C5=O. The molecule has 524 valence electrons. The van der Waals surface area contributed by atoms with Crippen LogP contribution >= 0.6 is 0 Å². The highest BCUT2D eigenvalue weighted by molar-refractivity contribution is 6.45. The zero-order valence-corrected chi connectivity index (χ0v) is 58.0. The van der Waals surface area contributed by atoms with E-state index in [1.54, 1.807) is 82.6 Å². The predicted octanol–water partition coefficient (Wildman–Crippen LogP) is 11.0. The second-order valence-corrected chi connectivity index (χ2v) is 27.6. The van der Waals surface area contributed by atoms with Gasteiger partial charge in [-0.25, -0.2) is 0 Å². The van der Waals surface area contributed by atoms with Gasteiger partial charge in [-0.2, -0.15) is 0 Å². The first-order valence-electron chi connectivity index (χ1n) is 35.3. The molecule has 0 aliphatic carbocycles. The fourth-order valence-corrected chi connectivity index (χ4v) is 14.7. The van der Waals surface area contributed by atoms with Crippen LogP contribution in [0, 0.1) is 27.7 Å². The third-order valence-electron chi connectivity index (χ3n) is 20.2. The maximum Gasteiger partial charge on any atom is 0.262 e. The Morgan fingerprint density at radius 1 is 0.402 bits per heavy atom. The molecule has 0 spiro atoms. The summed E-state index contributed by atoms with van der Waals surface area (Å²) in [4.78, 5) is 131. The number of hydrogen-bond acceptors (Lipinski definition) is 16. The molecule has 6 aliphatic heterocycles. The first-order valence-corrected chi connectivity index (χ1v) is 35.3. The molecule has 2 N–H and O–H groups in total. The molecule has 0 saturated carbocycles. The van der Waals surface area contributed by atoms with Crippen LogP contribution in [0.3, 0.4) is 0 Å². The molecule has 0 aromatic heterocycles. The Labute approximate surface area is 589 Å². The number of carbonyl (C=O) groups is 8. The Morgan fingerprint density at radius 3 is 0.912 bits per heavy atom. The van der Waals surface area contributed by atoms with Crippen molar-refractivity contribution in [3.8, 4) is 46.0 Å². The molecule has 9 aromatic rings. The largest absolute Gasteiger partial charge is 0.457 e. The van der Waals surface area contributed by atoms with Gasteiger partial charge in [-0.15, -0.1) is 0 Å². The van der Waals surface area contributed by atoms with Crippen LogP contribution in [-0.2, 0) is 28.7 Å². The Bertz CT molecular complexity index is 4320. The highest BCUT2D eigenvalue weighted by Gasteiger charge is 2.48. The molecule has 6 aliphatic rings. The van der Waals surface area contributed by atoms with E-state index in [9.17, 15) is 9.59 Å². The average Bonchev–Trinajstić information content (AvgIpc) is 1.44. The zero-order chi connectivity index (χ0) is 70.8. The third-order valence-corrected chi connectivity index (χ3v) is 20.2. The molecule has 22 heteroatoms. The highest BCUT2D eigenvalue weighted by atomic mass is 16.6. The molecule has 9 aromatic carbocycles. The molecule has 4 fully saturated rings. The summed E-state index contributed by atoms with van der Waals surface area (Å²) in [5.74, 6) is -2.13. The van der Waals surface area contributed by atoms with E-state index in [2.05, 4.69) is 10.6 Å². The lowest BCUT2D eigenvalue weighted by molar-refractivity contribution is -0.138. The predicted molar refractivity (Wildman–Crippen MR) is 383 cm³/mol. The first kappa shape index (κ1) is 67.3. The summed E-state index contributed by atoms with van der Waals surface area (Å²) in [6, 6.07) is 33.5. The Hall–Kier alpha value is -10.5. The molecule has 4 saturated heterocycles. The minimum absolute atomic E-state index is 0.0283. The Morgan fingerprint density at radius 2 is 0.667 bits per heavy atom. The van der Waals surface area contributed by atoms with Gasteiger partial charge in [0.15, 0.2) is 0 Å². The van der Waals surface area contributed by atoms with Crippen molar-refractivity contribution >= 4 is 90.3 Å². The standard InChI is InChI=1S/C80H80N8O14/c1-7-9-59(79(95)85-31-27-83(28-32-85)41-65(89)81-39-53-43-97-53)87-75(91)55-35-61(99-49-19-11-45(3)12-20-49)69-71-63(101-51-23-15-47(5)16-24-51)37-57-68-58(78(94)88(77(57)93)60(10-8-2)80(96)86-33-29-84(30-34-86)42-66(90)82-40-54-44-98-54)38-64(102-52-25-17-48(6)18-26-52)72(74(68)71)70-62(100-50-21-13-46(4)14-22-50)36-56(76(87)92)67(55)73(69)70/h11-26,35-38,53-54,59-60H,7-10,27-34,39-44H2,1-6H3,(H,81,89)(H,82,90). The maximum absolute atomic E-state index is 16.3. The number of epoxide rings is 2. The van der Waals surface area contributed by atoms with Crippen LogP contribution in [0.15, 0.2) is 121 Å². The lowest BCUT2D eigenvalue weighted by atomic mass is 9.80. The molecule has 4 atom stereocenters. The van der Waals surface area contributed by atoms with E-state index in [1.165, 1.54) is 0 Å². The number of nitrogens with one attached hydrogen (secondary N) is 2. The fraction of sp³-hybridized carbons (Fsp3) is 0.350. The van der Waals surface area contributed by atoms with Crippen LogP contribution in [0.1, 0.15) is 103 Å². The van der Waals surface area contributed by atoms with Gasteiger partial charge in [-0.3, -0.25) is 58.0 Å². The van der Waals surface area contributed by atoms with Crippen molar-refractivity contribution in [2.24, 2.45) is 0 Å². The van der Waals surface area contributed by atoms with E-state index >= 15 is 28.8 Å². The van der Waals surface area contributed by atoms with Crippen LogP contribution in [-0.4, -0.2) is 193 Å². The van der Waals surface area contributed by atoms with Gasteiger partial charge in [0, 0.05) is 109 Å².